The first-order chi connectivity index (χ1) is 13.4. The molecule has 0 amide bonds. The fourth-order valence-electron chi connectivity index (χ4n) is 3.16. The molecule has 0 unspecified atom stereocenters. The van der Waals surface area contributed by atoms with E-state index in [-0.39, 0.29) is 16.2 Å². The number of hydrogen-bond acceptors (Lipinski definition) is 4. The van der Waals surface area contributed by atoms with Crippen molar-refractivity contribution in [1.82, 2.24) is 14.1 Å². The maximum Gasteiger partial charge on any atom is 0.331 e. The lowest BCUT2D eigenvalue weighted by molar-refractivity contribution is 0.126. The summed E-state index contributed by atoms with van der Waals surface area (Å²) in [4.78, 5) is 17.2. The molecule has 1 aromatic carbocycles. The van der Waals surface area contributed by atoms with Crippen LogP contribution in [0.4, 0.5) is 8.78 Å². The SMILES string of the molecule is CCOc1cc([C@@H](C)n2c(=O)n(CC(F)F)c3cc(Cl)cnc32)ccc1OC. The van der Waals surface area contributed by atoms with E-state index in [1.807, 2.05) is 6.92 Å². The zero-order valence-corrected chi connectivity index (χ0v) is 16.4. The highest BCUT2D eigenvalue weighted by molar-refractivity contribution is 6.31. The molecule has 0 radical (unpaired) electrons. The Morgan fingerprint density at radius 1 is 1.25 bits per heavy atom. The van der Waals surface area contributed by atoms with Gasteiger partial charge in [0.15, 0.2) is 17.1 Å². The van der Waals surface area contributed by atoms with E-state index in [0.717, 1.165) is 10.1 Å². The number of halogens is 3. The smallest absolute Gasteiger partial charge is 0.331 e. The van der Waals surface area contributed by atoms with Crippen LogP contribution >= 0.6 is 11.6 Å². The molecule has 6 nitrogen and oxygen atoms in total. The Kier molecular flexibility index (Phi) is 5.88. The summed E-state index contributed by atoms with van der Waals surface area (Å²) in [6, 6.07) is 6.30. The summed E-state index contributed by atoms with van der Waals surface area (Å²) in [5.74, 6) is 1.10. The van der Waals surface area contributed by atoms with E-state index in [4.69, 9.17) is 21.1 Å². The van der Waals surface area contributed by atoms with Crippen LogP contribution in [0.2, 0.25) is 5.02 Å². The fraction of sp³-hybridized carbons (Fsp3) is 0.368. The maximum atomic E-state index is 13.0. The molecule has 0 spiro atoms. The molecule has 150 valence electrons. The highest BCUT2D eigenvalue weighted by Gasteiger charge is 2.22. The number of nitrogens with zero attached hydrogens (tertiary/aromatic N) is 3. The van der Waals surface area contributed by atoms with Gasteiger partial charge in [0.2, 0.25) is 0 Å². The number of imidazole rings is 1. The zero-order chi connectivity index (χ0) is 20.4. The molecule has 0 saturated carbocycles. The van der Waals surface area contributed by atoms with Crippen LogP contribution in [-0.4, -0.2) is 34.3 Å². The number of hydrogen-bond donors (Lipinski definition) is 0. The topological polar surface area (TPSA) is 58.3 Å². The number of benzene rings is 1. The van der Waals surface area contributed by atoms with Gasteiger partial charge < -0.3 is 9.47 Å². The summed E-state index contributed by atoms with van der Waals surface area (Å²) in [7, 11) is 1.54. The lowest BCUT2D eigenvalue weighted by Gasteiger charge is -2.16. The normalized spacial score (nSPS) is 12.5. The Morgan fingerprint density at radius 3 is 2.64 bits per heavy atom. The van der Waals surface area contributed by atoms with E-state index in [9.17, 15) is 13.6 Å². The average molecular weight is 412 g/mol. The number of fused-ring (bicyclic) bond motifs is 1. The van der Waals surface area contributed by atoms with E-state index in [1.165, 1.54) is 23.9 Å². The van der Waals surface area contributed by atoms with E-state index in [1.54, 1.807) is 25.1 Å². The van der Waals surface area contributed by atoms with Crippen molar-refractivity contribution in [1.29, 1.82) is 0 Å². The maximum absolute atomic E-state index is 13.0. The van der Waals surface area contributed by atoms with Crippen LogP contribution in [0.15, 0.2) is 35.3 Å². The number of ether oxygens (including phenoxy) is 2. The summed E-state index contributed by atoms with van der Waals surface area (Å²) in [5.41, 5.74) is 0.727. The minimum absolute atomic E-state index is 0.267. The predicted octanol–water partition coefficient (Wildman–Crippen LogP) is 4.13. The van der Waals surface area contributed by atoms with Crippen molar-refractivity contribution >= 4 is 22.8 Å². The van der Waals surface area contributed by atoms with Gasteiger partial charge >= 0.3 is 5.69 Å². The summed E-state index contributed by atoms with van der Waals surface area (Å²) >= 11 is 5.97. The highest BCUT2D eigenvalue weighted by Crippen LogP contribution is 2.32. The zero-order valence-electron chi connectivity index (χ0n) is 15.7. The third-order valence-corrected chi connectivity index (χ3v) is 4.65. The summed E-state index contributed by atoms with van der Waals surface area (Å²) < 4.78 is 39.3. The third-order valence-electron chi connectivity index (χ3n) is 4.45. The minimum atomic E-state index is -2.68. The number of aromatic nitrogens is 3. The molecule has 0 saturated heterocycles. The van der Waals surface area contributed by atoms with Crippen molar-refractivity contribution in [3.63, 3.8) is 0 Å². The van der Waals surface area contributed by atoms with E-state index < -0.39 is 24.7 Å². The second-order valence-corrected chi connectivity index (χ2v) is 6.61. The molecule has 0 aliphatic rings. The van der Waals surface area contributed by atoms with Crippen molar-refractivity contribution in [2.45, 2.75) is 32.9 Å². The molecule has 28 heavy (non-hydrogen) atoms. The second kappa shape index (κ2) is 8.18. The van der Waals surface area contributed by atoms with Crippen LogP contribution in [0.1, 0.15) is 25.5 Å². The van der Waals surface area contributed by atoms with Gasteiger partial charge in [0.25, 0.3) is 6.43 Å². The van der Waals surface area contributed by atoms with Crippen LogP contribution in [-0.2, 0) is 6.54 Å². The van der Waals surface area contributed by atoms with Crippen molar-refractivity contribution in [2.75, 3.05) is 13.7 Å². The van der Waals surface area contributed by atoms with E-state index in [0.29, 0.717) is 18.1 Å². The van der Waals surface area contributed by atoms with Crippen LogP contribution in [0.25, 0.3) is 11.2 Å². The van der Waals surface area contributed by atoms with Gasteiger partial charge in [-0.05, 0) is 37.6 Å². The second-order valence-electron chi connectivity index (χ2n) is 6.17. The molecule has 0 bridgehead atoms. The van der Waals surface area contributed by atoms with Crippen molar-refractivity contribution in [2.24, 2.45) is 0 Å². The predicted molar refractivity (Wildman–Crippen MR) is 103 cm³/mol. The van der Waals surface area contributed by atoms with Gasteiger partial charge in [0.05, 0.1) is 36.8 Å². The Hall–Kier alpha value is -2.61. The quantitative estimate of drug-likeness (QED) is 0.586. The summed E-state index contributed by atoms with van der Waals surface area (Å²) in [6.07, 6.45) is -1.30. The Balaban J connectivity index is 2.17. The van der Waals surface area contributed by atoms with Gasteiger partial charge in [-0.25, -0.2) is 18.6 Å². The monoisotopic (exact) mass is 411 g/mol. The van der Waals surface area contributed by atoms with Gasteiger partial charge in [0, 0.05) is 6.20 Å². The first-order valence-electron chi connectivity index (χ1n) is 8.72. The lowest BCUT2D eigenvalue weighted by atomic mass is 10.1. The molecule has 2 heterocycles. The third kappa shape index (κ3) is 3.69. The number of methoxy groups -OCH3 is 1. The molecule has 2 aromatic heterocycles. The van der Waals surface area contributed by atoms with Crippen LogP contribution in [0.5, 0.6) is 11.5 Å². The number of alkyl halides is 2. The molecule has 9 heteroatoms. The number of rotatable bonds is 7. The Bertz CT molecular complexity index is 1050. The molecule has 0 aliphatic heterocycles. The molecule has 0 N–H and O–H groups in total. The first-order valence-corrected chi connectivity index (χ1v) is 9.10. The Labute approximate surface area is 165 Å². The Morgan fingerprint density at radius 2 is 2.00 bits per heavy atom. The van der Waals surface area contributed by atoms with Gasteiger partial charge in [-0.3, -0.25) is 9.13 Å². The standard InChI is InChI=1S/C19H20ClF2N3O3/c1-4-28-16-7-12(5-6-15(16)27-3)11(2)25-18-14(8-13(20)9-23-18)24(19(25)26)10-17(21)22/h5-9,11,17H,4,10H2,1-3H3/t11-/m1/s1. The van der Waals surface area contributed by atoms with Gasteiger partial charge in [-0.15, -0.1) is 0 Å². The largest absolute Gasteiger partial charge is 0.493 e. The lowest BCUT2D eigenvalue weighted by Crippen LogP contribution is -2.28. The van der Waals surface area contributed by atoms with Crippen molar-refractivity contribution in [3.8, 4) is 11.5 Å². The fourth-order valence-corrected chi connectivity index (χ4v) is 3.32. The van der Waals surface area contributed by atoms with Crippen molar-refractivity contribution in [3.05, 3.63) is 51.5 Å². The highest BCUT2D eigenvalue weighted by atomic mass is 35.5. The summed E-state index contributed by atoms with van der Waals surface area (Å²) in [6.45, 7) is 3.36. The van der Waals surface area contributed by atoms with Crippen molar-refractivity contribution < 1.29 is 18.3 Å². The molecule has 0 fully saturated rings. The molecular weight excluding hydrogens is 392 g/mol. The summed E-state index contributed by atoms with van der Waals surface area (Å²) in [5, 5.41) is 0.267. The minimum Gasteiger partial charge on any atom is -0.493 e. The average Bonchev–Trinajstić information content (AvgIpc) is 2.92. The number of pyridine rings is 1. The van der Waals surface area contributed by atoms with Crippen LogP contribution in [0.3, 0.4) is 0 Å². The first kappa shape index (κ1) is 20.1. The molecule has 0 aliphatic carbocycles. The molecule has 3 rings (SSSR count). The van der Waals surface area contributed by atoms with Crippen LogP contribution < -0.4 is 15.2 Å². The van der Waals surface area contributed by atoms with Crippen LogP contribution in [0, 0.1) is 0 Å². The molecular formula is C19H20ClF2N3O3. The van der Waals surface area contributed by atoms with Gasteiger partial charge in [-0.2, -0.15) is 0 Å². The van der Waals surface area contributed by atoms with E-state index >= 15 is 0 Å². The molecule has 3 aromatic rings. The van der Waals surface area contributed by atoms with Gasteiger partial charge in [-0.1, -0.05) is 17.7 Å². The molecule has 1 atom stereocenters. The van der Waals surface area contributed by atoms with E-state index in [2.05, 4.69) is 4.98 Å². The van der Waals surface area contributed by atoms with Gasteiger partial charge in [0.1, 0.15) is 0 Å².